The lowest BCUT2D eigenvalue weighted by Crippen LogP contribution is -2.45. The molecular formula is C10H19NO. The first-order valence-corrected chi connectivity index (χ1v) is 4.66. The molecule has 1 unspecified atom stereocenters. The molecule has 0 saturated carbocycles. The molecule has 0 spiro atoms. The highest BCUT2D eigenvalue weighted by Crippen LogP contribution is 2.31. The highest BCUT2D eigenvalue weighted by Gasteiger charge is 2.31. The third kappa shape index (κ3) is 2.23. The summed E-state index contributed by atoms with van der Waals surface area (Å²) in [4.78, 5) is 13.1. The van der Waals surface area contributed by atoms with Crippen molar-refractivity contribution in [2.75, 3.05) is 13.1 Å². The van der Waals surface area contributed by atoms with Gasteiger partial charge in [0.05, 0.1) is 0 Å². The van der Waals surface area contributed by atoms with E-state index in [2.05, 4.69) is 20.8 Å². The Morgan fingerprint density at radius 2 is 2.08 bits per heavy atom. The van der Waals surface area contributed by atoms with Gasteiger partial charge in [0, 0.05) is 20.0 Å². The van der Waals surface area contributed by atoms with E-state index in [0.29, 0.717) is 11.3 Å². The van der Waals surface area contributed by atoms with Gasteiger partial charge in [-0.05, 0) is 17.8 Å². The summed E-state index contributed by atoms with van der Waals surface area (Å²) in [5.41, 5.74) is 0.309. The van der Waals surface area contributed by atoms with Gasteiger partial charge in [-0.25, -0.2) is 0 Å². The van der Waals surface area contributed by atoms with Gasteiger partial charge in [-0.1, -0.05) is 20.8 Å². The average Bonchev–Trinajstić information content (AvgIpc) is 1.82. The Labute approximate surface area is 74.9 Å². The maximum Gasteiger partial charge on any atom is 0.219 e. The maximum absolute atomic E-state index is 11.2. The van der Waals surface area contributed by atoms with Crippen molar-refractivity contribution in [3.8, 4) is 0 Å². The van der Waals surface area contributed by atoms with E-state index in [1.165, 1.54) is 6.42 Å². The zero-order valence-corrected chi connectivity index (χ0v) is 8.55. The van der Waals surface area contributed by atoms with Crippen molar-refractivity contribution in [2.24, 2.45) is 11.3 Å². The quantitative estimate of drug-likeness (QED) is 0.542. The van der Waals surface area contributed by atoms with Gasteiger partial charge in [0.25, 0.3) is 0 Å². The van der Waals surface area contributed by atoms with Crippen LogP contribution in [-0.2, 0) is 4.79 Å². The van der Waals surface area contributed by atoms with Crippen LogP contribution in [0, 0.1) is 11.3 Å². The van der Waals surface area contributed by atoms with Gasteiger partial charge in [-0.3, -0.25) is 4.79 Å². The van der Waals surface area contributed by atoms with Gasteiger partial charge in [-0.15, -0.1) is 0 Å². The van der Waals surface area contributed by atoms with E-state index in [1.807, 2.05) is 4.90 Å². The Kier molecular flexibility index (Phi) is 2.45. The molecule has 0 aromatic heterocycles. The van der Waals surface area contributed by atoms with Crippen LogP contribution in [0.3, 0.4) is 0 Å². The molecule has 12 heavy (non-hydrogen) atoms. The highest BCUT2D eigenvalue weighted by molar-refractivity contribution is 5.73. The number of likely N-dealkylation sites (tertiary alicyclic amines) is 1. The van der Waals surface area contributed by atoms with Crippen molar-refractivity contribution < 1.29 is 4.79 Å². The highest BCUT2D eigenvalue weighted by atomic mass is 16.2. The lowest BCUT2D eigenvalue weighted by atomic mass is 9.79. The molecule has 70 valence electrons. The first-order chi connectivity index (χ1) is 5.41. The summed E-state index contributed by atoms with van der Waals surface area (Å²) in [6, 6.07) is 0. The van der Waals surface area contributed by atoms with Crippen LogP contribution in [-0.4, -0.2) is 23.9 Å². The summed E-state index contributed by atoms with van der Waals surface area (Å²) in [6.07, 6.45) is 1.23. The number of hydrogen-bond donors (Lipinski definition) is 0. The molecule has 0 aromatic rings. The molecule has 0 radical (unpaired) electrons. The molecule has 1 rings (SSSR count). The summed E-state index contributed by atoms with van der Waals surface area (Å²) in [5.74, 6) is 0.868. The molecule has 1 amide bonds. The fourth-order valence-electron chi connectivity index (χ4n) is 2.27. The topological polar surface area (TPSA) is 20.3 Å². The normalized spacial score (nSPS) is 28.7. The second-order valence-corrected chi connectivity index (χ2v) is 4.87. The van der Waals surface area contributed by atoms with Crippen LogP contribution >= 0.6 is 0 Å². The van der Waals surface area contributed by atoms with Crippen LogP contribution in [0.1, 0.15) is 34.1 Å². The molecule has 1 saturated heterocycles. The van der Waals surface area contributed by atoms with Gasteiger partial charge in [0.1, 0.15) is 0 Å². The predicted molar refractivity (Wildman–Crippen MR) is 49.8 cm³/mol. The summed E-state index contributed by atoms with van der Waals surface area (Å²) in [7, 11) is 0. The molecule has 0 aromatic carbocycles. The van der Waals surface area contributed by atoms with Crippen LogP contribution in [0.2, 0.25) is 0 Å². The molecule has 0 bridgehead atoms. The largest absolute Gasteiger partial charge is 0.342 e. The second kappa shape index (κ2) is 3.08. The summed E-state index contributed by atoms with van der Waals surface area (Å²) in [6.45, 7) is 10.2. The van der Waals surface area contributed by atoms with Crippen molar-refractivity contribution in [1.29, 1.82) is 0 Å². The van der Waals surface area contributed by atoms with E-state index >= 15 is 0 Å². The SMILES string of the molecule is CC(=O)N1CC(C)CC(C)(C)C1. The van der Waals surface area contributed by atoms with E-state index in [0.717, 1.165) is 13.1 Å². The lowest BCUT2D eigenvalue weighted by molar-refractivity contribution is -0.133. The van der Waals surface area contributed by atoms with Gasteiger partial charge in [-0.2, -0.15) is 0 Å². The molecule has 1 atom stereocenters. The molecule has 1 heterocycles. The third-order valence-corrected chi connectivity index (χ3v) is 2.50. The smallest absolute Gasteiger partial charge is 0.219 e. The van der Waals surface area contributed by atoms with Crippen molar-refractivity contribution in [2.45, 2.75) is 34.1 Å². The molecule has 1 aliphatic rings. The van der Waals surface area contributed by atoms with Gasteiger partial charge >= 0.3 is 0 Å². The van der Waals surface area contributed by atoms with E-state index in [1.54, 1.807) is 6.92 Å². The number of nitrogens with zero attached hydrogens (tertiary/aromatic N) is 1. The Hall–Kier alpha value is -0.530. The van der Waals surface area contributed by atoms with Crippen molar-refractivity contribution >= 4 is 5.91 Å². The molecule has 1 fully saturated rings. The zero-order valence-electron chi connectivity index (χ0n) is 8.55. The summed E-state index contributed by atoms with van der Waals surface area (Å²) >= 11 is 0. The van der Waals surface area contributed by atoms with Crippen molar-refractivity contribution in [3.63, 3.8) is 0 Å². The molecule has 1 aliphatic heterocycles. The van der Waals surface area contributed by atoms with Crippen LogP contribution in [0.25, 0.3) is 0 Å². The Bertz CT molecular complexity index is 186. The van der Waals surface area contributed by atoms with E-state index < -0.39 is 0 Å². The minimum absolute atomic E-state index is 0.217. The number of rotatable bonds is 0. The Morgan fingerprint density at radius 3 is 2.50 bits per heavy atom. The molecule has 2 nitrogen and oxygen atoms in total. The number of piperidine rings is 1. The third-order valence-electron chi connectivity index (χ3n) is 2.50. The second-order valence-electron chi connectivity index (χ2n) is 4.87. The first-order valence-electron chi connectivity index (χ1n) is 4.66. The molecule has 0 N–H and O–H groups in total. The van der Waals surface area contributed by atoms with Crippen LogP contribution in [0.15, 0.2) is 0 Å². The van der Waals surface area contributed by atoms with Gasteiger partial charge in [0.15, 0.2) is 0 Å². The minimum atomic E-state index is 0.217. The lowest BCUT2D eigenvalue weighted by Gasteiger charge is -2.41. The van der Waals surface area contributed by atoms with Crippen LogP contribution in [0.5, 0.6) is 0 Å². The van der Waals surface area contributed by atoms with Gasteiger partial charge < -0.3 is 4.90 Å². The van der Waals surface area contributed by atoms with Gasteiger partial charge in [0.2, 0.25) is 5.91 Å². The predicted octanol–water partition coefficient (Wildman–Crippen LogP) is 1.90. The molecule has 2 heteroatoms. The van der Waals surface area contributed by atoms with E-state index in [4.69, 9.17) is 0 Å². The first kappa shape index (κ1) is 9.56. The standard InChI is InChI=1S/C10H19NO/c1-8-5-10(3,4)7-11(6-8)9(2)12/h8H,5-7H2,1-4H3. The molecule has 0 aliphatic carbocycles. The number of carbonyl (C=O) groups is 1. The summed E-state index contributed by atoms with van der Waals surface area (Å²) < 4.78 is 0. The maximum atomic E-state index is 11.2. The van der Waals surface area contributed by atoms with E-state index in [9.17, 15) is 4.79 Å². The molecular weight excluding hydrogens is 150 g/mol. The number of hydrogen-bond acceptors (Lipinski definition) is 1. The zero-order chi connectivity index (χ0) is 9.35. The van der Waals surface area contributed by atoms with Crippen LogP contribution < -0.4 is 0 Å². The minimum Gasteiger partial charge on any atom is -0.342 e. The van der Waals surface area contributed by atoms with E-state index in [-0.39, 0.29) is 5.91 Å². The van der Waals surface area contributed by atoms with Crippen molar-refractivity contribution in [1.82, 2.24) is 4.90 Å². The average molecular weight is 169 g/mol. The number of amides is 1. The monoisotopic (exact) mass is 169 g/mol. The Morgan fingerprint density at radius 1 is 1.50 bits per heavy atom. The summed E-state index contributed by atoms with van der Waals surface area (Å²) in [5, 5.41) is 0. The number of carbonyl (C=O) groups excluding carboxylic acids is 1. The fraction of sp³-hybridized carbons (Fsp3) is 0.900. The fourth-order valence-corrected chi connectivity index (χ4v) is 2.27. The van der Waals surface area contributed by atoms with Crippen molar-refractivity contribution in [3.05, 3.63) is 0 Å². The Balaban J connectivity index is 2.64. The van der Waals surface area contributed by atoms with Crippen LogP contribution in [0.4, 0.5) is 0 Å².